The van der Waals surface area contributed by atoms with Gasteiger partial charge in [-0.1, -0.05) is 24.3 Å². The van der Waals surface area contributed by atoms with Crippen LogP contribution in [0, 0.1) is 0 Å². The first-order chi connectivity index (χ1) is 8.40. The summed E-state index contributed by atoms with van der Waals surface area (Å²) in [5.74, 6) is 0.724. The van der Waals surface area contributed by atoms with Gasteiger partial charge in [0.2, 0.25) is 0 Å². The average molecular weight is 225 g/mol. The topological polar surface area (TPSA) is 28.5 Å². The van der Waals surface area contributed by atoms with Crippen molar-refractivity contribution in [3.63, 3.8) is 0 Å². The van der Waals surface area contributed by atoms with E-state index >= 15 is 0 Å². The van der Waals surface area contributed by atoms with Gasteiger partial charge in [-0.3, -0.25) is 0 Å². The summed E-state index contributed by atoms with van der Waals surface area (Å²) in [5.41, 5.74) is 1.13. The maximum absolute atomic E-state index is 4.34. The summed E-state index contributed by atoms with van der Waals surface area (Å²) < 4.78 is 0. The molecule has 0 fully saturated rings. The van der Waals surface area contributed by atoms with E-state index in [2.05, 4.69) is 33.9 Å². The minimum absolute atomic E-state index is 0.724. The number of para-hydroxylation sites is 1. The second-order valence-electron chi connectivity index (χ2n) is 3.55. The average Bonchev–Trinajstić information content (AvgIpc) is 2.42. The highest BCUT2D eigenvalue weighted by molar-refractivity contribution is 5.80. The van der Waals surface area contributed by atoms with E-state index in [1.54, 1.807) is 6.20 Å². The van der Waals surface area contributed by atoms with Crippen molar-refractivity contribution in [2.24, 2.45) is 4.99 Å². The molecule has 3 heteroatoms. The number of nitrogens with zero attached hydrogens (tertiary/aromatic N) is 3. The van der Waals surface area contributed by atoms with Gasteiger partial charge >= 0.3 is 0 Å². The molecule has 0 spiro atoms. The lowest BCUT2D eigenvalue weighted by Crippen LogP contribution is -2.19. The van der Waals surface area contributed by atoms with E-state index in [0.717, 1.165) is 18.1 Å². The minimum atomic E-state index is 0.724. The van der Waals surface area contributed by atoms with Crippen molar-refractivity contribution in [2.45, 2.75) is 6.92 Å². The van der Waals surface area contributed by atoms with E-state index in [1.165, 1.54) is 0 Å². The highest BCUT2D eigenvalue weighted by Gasteiger charge is 1.99. The SMILES string of the molecule is CCN(C=Nc1ccccn1)c1ccccc1. The monoisotopic (exact) mass is 225 g/mol. The lowest BCUT2D eigenvalue weighted by molar-refractivity contribution is 1.07. The van der Waals surface area contributed by atoms with E-state index in [1.807, 2.05) is 42.7 Å². The number of benzene rings is 1. The van der Waals surface area contributed by atoms with Gasteiger partial charge in [0.05, 0.1) is 6.34 Å². The molecule has 3 nitrogen and oxygen atoms in total. The van der Waals surface area contributed by atoms with Gasteiger partial charge in [-0.15, -0.1) is 0 Å². The van der Waals surface area contributed by atoms with Crippen molar-refractivity contribution in [1.29, 1.82) is 0 Å². The molecular weight excluding hydrogens is 210 g/mol. The number of hydrogen-bond acceptors (Lipinski definition) is 2. The largest absolute Gasteiger partial charge is 0.333 e. The fourth-order valence-electron chi connectivity index (χ4n) is 1.51. The molecule has 0 aliphatic carbocycles. The Morgan fingerprint density at radius 2 is 1.88 bits per heavy atom. The predicted molar refractivity (Wildman–Crippen MR) is 71.9 cm³/mol. The first-order valence-electron chi connectivity index (χ1n) is 5.67. The summed E-state index contributed by atoms with van der Waals surface area (Å²) in [5, 5.41) is 0. The van der Waals surface area contributed by atoms with Crippen LogP contribution in [0.1, 0.15) is 6.92 Å². The molecule has 1 heterocycles. The molecular formula is C14H15N3. The second-order valence-corrected chi connectivity index (χ2v) is 3.55. The lowest BCUT2D eigenvalue weighted by Gasteiger charge is -2.16. The molecule has 1 aromatic heterocycles. The molecule has 0 amide bonds. The first-order valence-corrected chi connectivity index (χ1v) is 5.67. The smallest absolute Gasteiger partial charge is 0.153 e. The van der Waals surface area contributed by atoms with E-state index in [4.69, 9.17) is 0 Å². The summed E-state index contributed by atoms with van der Waals surface area (Å²) >= 11 is 0. The molecule has 0 saturated heterocycles. The Hall–Kier alpha value is -2.16. The Morgan fingerprint density at radius 1 is 1.12 bits per heavy atom. The van der Waals surface area contributed by atoms with Gasteiger partial charge in [0.25, 0.3) is 0 Å². The van der Waals surface area contributed by atoms with E-state index in [-0.39, 0.29) is 0 Å². The summed E-state index contributed by atoms with van der Waals surface area (Å²) in [6.45, 7) is 2.97. The zero-order valence-corrected chi connectivity index (χ0v) is 9.82. The number of pyridine rings is 1. The normalized spacial score (nSPS) is 10.6. The number of hydrogen-bond donors (Lipinski definition) is 0. The van der Waals surface area contributed by atoms with Gasteiger partial charge in [0.15, 0.2) is 5.82 Å². The molecule has 0 atom stereocenters. The van der Waals surface area contributed by atoms with Crippen LogP contribution >= 0.6 is 0 Å². The molecule has 0 N–H and O–H groups in total. The summed E-state index contributed by atoms with van der Waals surface area (Å²) in [6.07, 6.45) is 3.56. The van der Waals surface area contributed by atoms with Gasteiger partial charge in [0, 0.05) is 18.4 Å². The van der Waals surface area contributed by atoms with Crippen molar-refractivity contribution in [3.05, 3.63) is 54.7 Å². The molecule has 0 unspecified atom stereocenters. The van der Waals surface area contributed by atoms with Crippen molar-refractivity contribution in [3.8, 4) is 0 Å². The molecule has 86 valence electrons. The van der Waals surface area contributed by atoms with Gasteiger partial charge in [0.1, 0.15) is 0 Å². The number of aromatic nitrogens is 1. The summed E-state index contributed by atoms with van der Waals surface area (Å²) in [4.78, 5) is 10.6. The van der Waals surface area contributed by atoms with Gasteiger partial charge in [-0.25, -0.2) is 9.98 Å². The quantitative estimate of drug-likeness (QED) is 0.590. The molecule has 1 aromatic carbocycles. The zero-order valence-electron chi connectivity index (χ0n) is 9.82. The highest BCUT2D eigenvalue weighted by Crippen LogP contribution is 2.12. The van der Waals surface area contributed by atoms with Crippen molar-refractivity contribution >= 4 is 17.8 Å². The number of anilines is 1. The van der Waals surface area contributed by atoms with Crippen LogP contribution in [-0.2, 0) is 0 Å². The molecule has 0 saturated carbocycles. The molecule has 0 radical (unpaired) electrons. The fraction of sp³-hybridized carbons (Fsp3) is 0.143. The Bertz CT molecular complexity index is 465. The molecule has 0 aliphatic rings. The fourth-order valence-corrected chi connectivity index (χ4v) is 1.51. The first kappa shape index (κ1) is 11.3. The lowest BCUT2D eigenvalue weighted by atomic mass is 10.3. The standard InChI is InChI=1S/C14H15N3/c1-2-17(13-8-4-3-5-9-13)12-16-14-10-6-7-11-15-14/h3-12H,2H2,1H3. The molecule has 2 rings (SSSR count). The summed E-state index contributed by atoms with van der Waals surface area (Å²) in [6, 6.07) is 15.9. The van der Waals surface area contributed by atoms with Crippen LogP contribution < -0.4 is 4.90 Å². The minimum Gasteiger partial charge on any atom is -0.333 e. The number of aliphatic imine (C=N–C) groups is 1. The third-order valence-corrected chi connectivity index (χ3v) is 2.41. The van der Waals surface area contributed by atoms with Crippen LogP contribution in [0.15, 0.2) is 59.7 Å². The van der Waals surface area contributed by atoms with E-state index in [9.17, 15) is 0 Å². The van der Waals surface area contributed by atoms with Crippen molar-refractivity contribution < 1.29 is 0 Å². The van der Waals surface area contributed by atoms with Crippen LogP contribution in [0.4, 0.5) is 11.5 Å². The Balaban J connectivity index is 2.14. The molecule has 0 aliphatic heterocycles. The second kappa shape index (κ2) is 5.80. The molecule has 2 aromatic rings. The zero-order chi connectivity index (χ0) is 11.9. The summed E-state index contributed by atoms with van der Waals surface area (Å²) in [7, 11) is 0. The third-order valence-electron chi connectivity index (χ3n) is 2.41. The predicted octanol–water partition coefficient (Wildman–Crippen LogP) is 3.27. The Labute approximate surface area is 101 Å². The van der Waals surface area contributed by atoms with E-state index in [0.29, 0.717) is 0 Å². The van der Waals surface area contributed by atoms with E-state index < -0.39 is 0 Å². The van der Waals surface area contributed by atoms with Gasteiger partial charge in [-0.2, -0.15) is 0 Å². The molecule has 17 heavy (non-hydrogen) atoms. The Kier molecular flexibility index (Phi) is 3.86. The van der Waals surface area contributed by atoms with Gasteiger partial charge in [-0.05, 0) is 31.2 Å². The maximum atomic E-state index is 4.34. The van der Waals surface area contributed by atoms with Crippen LogP contribution in [-0.4, -0.2) is 17.9 Å². The van der Waals surface area contributed by atoms with Crippen LogP contribution in [0.3, 0.4) is 0 Å². The van der Waals surface area contributed by atoms with Crippen molar-refractivity contribution in [2.75, 3.05) is 11.4 Å². The maximum Gasteiger partial charge on any atom is 0.153 e. The Morgan fingerprint density at radius 3 is 2.53 bits per heavy atom. The number of rotatable bonds is 4. The van der Waals surface area contributed by atoms with Crippen LogP contribution in [0.25, 0.3) is 0 Å². The molecule has 0 bridgehead atoms. The van der Waals surface area contributed by atoms with Crippen molar-refractivity contribution in [1.82, 2.24) is 4.98 Å². The van der Waals surface area contributed by atoms with Crippen LogP contribution in [0.2, 0.25) is 0 Å². The van der Waals surface area contributed by atoms with Crippen LogP contribution in [0.5, 0.6) is 0 Å². The highest BCUT2D eigenvalue weighted by atomic mass is 15.2. The van der Waals surface area contributed by atoms with Gasteiger partial charge < -0.3 is 4.90 Å². The third kappa shape index (κ3) is 3.14.